The molecule has 39 heavy (non-hydrogen) atoms. The lowest BCUT2D eigenvalue weighted by Gasteiger charge is -2.53. The Morgan fingerprint density at radius 2 is 1.51 bits per heavy atom. The van der Waals surface area contributed by atoms with Crippen LogP contribution in [0.3, 0.4) is 0 Å². The van der Waals surface area contributed by atoms with Gasteiger partial charge in [-0.2, -0.15) is 26.3 Å². The summed E-state index contributed by atoms with van der Waals surface area (Å²) in [5.41, 5.74) is 1.26. The van der Waals surface area contributed by atoms with Crippen molar-refractivity contribution >= 4 is 11.9 Å². The van der Waals surface area contributed by atoms with E-state index in [-0.39, 0.29) is 11.4 Å². The Morgan fingerprint density at radius 3 is 1.87 bits per heavy atom. The summed E-state index contributed by atoms with van der Waals surface area (Å²) in [5.74, 6) is -4.77. The van der Waals surface area contributed by atoms with Crippen molar-refractivity contribution < 1.29 is 60.7 Å². The van der Waals surface area contributed by atoms with Crippen LogP contribution in [-0.4, -0.2) is 101 Å². The molecule has 0 bridgehead atoms. The Balaban J connectivity index is 0.000000449. The van der Waals surface area contributed by atoms with Crippen molar-refractivity contribution in [3.8, 4) is 11.5 Å². The molecule has 1 unspecified atom stereocenters. The van der Waals surface area contributed by atoms with E-state index in [1.54, 1.807) is 7.11 Å². The van der Waals surface area contributed by atoms with Gasteiger partial charge in [-0.3, -0.25) is 4.90 Å². The van der Waals surface area contributed by atoms with E-state index in [2.05, 4.69) is 23.6 Å². The molecule has 1 aromatic rings. The van der Waals surface area contributed by atoms with Crippen molar-refractivity contribution in [2.45, 2.75) is 63.7 Å². The van der Waals surface area contributed by atoms with Crippen LogP contribution in [0, 0.1) is 0 Å². The standard InChI is InChI=1S/C20H32N2O3.2C2HF3O2/c1-4-21(5-2)15-17-13-20(25-17)8-10-22(11-9-20)14-16-6-7-19(24-3)18(23)12-16;2*3-2(4,5)1(6)7/h6-7,12,17,23H,4-5,8-11,13-15H2,1-3H3;2*(H,6,7). The first kappa shape index (κ1) is 34.2. The number of carbonyl (C=O) groups is 2. The number of phenolic OH excluding ortho intramolecular Hbond substituents is 1. The maximum absolute atomic E-state index is 10.6. The molecule has 15 heteroatoms. The molecule has 9 nitrogen and oxygen atoms in total. The molecule has 1 spiro atoms. The molecule has 2 fully saturated rings. The van der Waals surface area contributed by atoms with Gasteiger partial charge >= 0.3 is 24.3 Å². The van der Waals surface area contributed by atoms with Crippen molar-refractivity contribution in [1.29, 1.82) is 0 Å². The summed E-state index contributed by atoms with van der Waals surface area (Å²) in [7, 11) is 1.57. The smallest absolute Gasteiger partial charge is 0.490 e. The normalized spacial score (nSPS) is 18.8. The second kappa shape index (κ2) is 14.6. The molecule has 1 atom stereocenters. The Kier molecular flexibility index (Phi) is 12.8. The highest BCUT2D eigenvalue weighted by atomic mass is 19.4. The Bertz CT molecular complexity index is 899. The molecule has 2 aliphatic heterocycles. The van der Waals surface area contributed by atoms with Crippen LogP contribution in [0.1, 0.15) is 38.7 Å². The molecule has 2 aliphatic rings. The van der Waals surface area contributed by atoms with Crippen LogP contribution in [0.4, 0.5) is 26.3 Å². The molecule has 2 saturated heterocycles. The zero-order valence-electron chi connectivity index (χ0n) is 21.8. The molecule has 2 heterocycles. The number of carboxylic acid groups (broad SMARTS) is 2. The molecule has 3 N–H and O–H groups in total. The lowest BCUT2D eigenvalue weighted by atomic mass is 9.80. The number of hydrogen-bond acceptors (Lipinski definition) is 7. The highest BCUT2D eigenvalue weighted by molar-refractivity contribution is 5.73. The minimum atomic E-state index is -5.08. The monoisotopic (exact) mass is 576 g/mol. The van der Waals surface area contributed by atoms with E-state index in [0.29, 0.717) is 11.9 Å². The van der Waals surface area contributed by atoms with Gasteiger partial charge in [-0.05, 0) is 43.6 Å². The average molecular weight is 577 g/mol. The average Bonchev–Trinajstić information content (AvgIpc) is 2.82. The fourth-order valence-electron chi connectivity index (χ4n) is 4.16. The minimum absolute atomic E-state index is 0.135. The van der Waals surface area contributed by atoms with Crippen molar-refractivity contribution in [2.24, 2.45) is 0 Å². The number of alkyl halides is 6. The third-order valence-corrected chi connectivity index (χ3v) is 6.27. The fraction of sp³-hybridized carbons (Fsp3) is 0.667. The van der Waals surface area contributed by atoms with Gasteiger partial charge in [-0.15, -0.1) is 0 Å². The summed E-state index contributed by atoms with van der Waals surface area (Å²) in [6.07, 6.45) is -6.31. The number of phenols is 1. The molecule has 0 saturated carbocycles. The topological polar surface area (TPSA) is 120 Å². The van der Waals surface area contributed by atoms with E-state index in [1.807, 2.05) is 18.2 Å². The van der Waals surface area contributed by atoms with E-state index < -0.39 is 24.3 Å². The first-order chi connectivity index (χ1) is 18.0. The zero-order valence-corrected chi connectivity index (χ0v) is 21.8. The summed E-state index contributed by atoms with van der Waals surface area (Å²) in [4.78, 5) is 22.7. The second-order valence-electron chi connectivity index (χ2n) is 9.00. The van der Waals surface area contributed by atoms with E-state index in [1.165, 1.54) is 6.42 Å². The van der Waals surface area contributed by atoms with Crippen molar-refractivity contribution in [2.75, 3.05) is 39.8 Å². The molecule has 224 valence electrons. The molecule has 3 rings (SSSR count). The third kappa shape index (κ3) is 11.5. The molecule has 1 aromatic carbocycles. The first-order valence-corrected chi connectivity index (χ1v) is 12.0. The van der Waals surface area contributed by atoms with E-state index in [4.69, 9.17) is 29.3 Å². The third-order valence-electron chi connectivity index (χ3n) is 6.27. The summed E-state index contributed by atoms with van der Waals surface area (Å²) in [6.45, 7) is 10.7. The summed E-state index contributed by atoms with van der Waals surface area (Å²) < 4.78 is 74.9. The van der Waals surface area contributed by atoms with E-state index >= 15 is 0 Å². The Hall–Kier alpha value is -2.78. The number of nitrogens with zero attached hydrogens (tertiary/aromatic N) is 2. The van der Waals surface area contributed by atoms with Crippen LogP contribution < -0.4 is 4.74 Å². The second-order valence-corrected chi connectivity index (χ2v) is 9.00. The number of hydrogen-bond donors (Lipinski definition) is 3. The lowest BCUT2D eigenvalue weighted by molar-refractivity contribution is -0.229. The Morgan fingerprint density at radius 1 is 1.05 bits per heavy atom. The van der Waals surface area contributed by atoms with Crippen LogP contribution in [0.2, 0.25) is 0 Å². The SMILES string of the molecule is CCN(CC)CC1CC2(CCN(Cc3ccc(OC)c(O)c3)CC2)O1.O=C(O)C(F)(F)F.O=C(O)C(F)(F)F. The van der Waals surface area contributed by atoms with Crippen LogP contribution >= 0.6 is 0 Å². The number of halogens is 6. The first-order valence-electron chi connectivity index (χ1n) is 12.0. The fourth-order valence-corrected chi connectivity index (χ4v) is 4.16. The number of ether oxygens (including phenoxy) is 2. The summed E-state index contributed by atoms with van der Waals surface area (Å²) in [5, 5.41) is 24.2. The predicted molar refractivity (Wildman–Crippen MR) is 127 cm³/mol. The molecule has 0 aliphatic carbocycles. The van der Waals surface area contributed by atoms with Gasteiger partial charge in [0.15, 0.2) is 11.5 Å². The number of likely N-dealkylation sites (tertiary alicyclic amines) is 1. The number of rotatable bonds is 7. The van der Waals surface area contributed by atoms with Crippen molar-refractivity contribution in [3.05, 3.63) is 23.8 Å². The van der Waals surface area contributed by atoms with Crippen LogP contribution in [-0.2, 0) is 20.9 Å². The zero-order chi connectivity index (χ0) is 30.0. The van der Waals surface area contributed by atoms with Crippen LogP contribution in [0.5, 0.6) is 11.5 Å². The van der Waals surface area contributed by atoms with Gasteiger partial charge in [0.2, 0.25) is 0 Å². The molecular formula is C24H34F6N2O7. The number of aliphatic carboxylic acids is 2. The molecule has 0 radical (unpaired) electrons. The summed E-state index contributed by atoms with van der Waals surface area (Å²) >= 11 is 0. The van der Waals surface area contributed by atoms with Gasteiger partial charge in [0.25, 0.3) is 0 Å². The van der Waals surface area contributed by atoms with Gasteiger partial charge < -0.3 is 29.7 Å². The van der Waals surface area contributed by atoms with Gasteiger partial charge in [-0.25, -0.2) is 9.59 Å². The Labute approximate surface area is 221 Å². The highest BCUT2D eigenvalue weighted by Gasteiger charge is 2.47. The number of likely N-dealkylation sites (N-methyl/N-ethyl adjacent to an activating group) is 1. The number of aromatic hydroxyl groups is 1. The minimum Gasteiger partial charge on any atom is -0.504 e. The number of benzene rings is 1. The van der Waals surface area contributed by atoms with Crippen LogP contribution in [0.15, 0.2) is 18.2 Å². The lowest BCUT2D eigenvalue weighted by Crippen LogP contribution is -2.59. The largest absolute Gasteiger partial charge is 0.504 e. The van der Waals surface area contributed by atoms with Crippen molar-refractivity contribution in [1.82, 2.24) is 9.80 Å². The molecule has 0 amide bonds. The van der Waals surface area contributed by atoms with Gasteiger partial charge in [0.1, 0.15) is 0 Å². The van der Waals surface area contributed by atoms with Gasteiger partial charge in [0.05, 0.1) is 18.8 Å². The maximum atomic E-state index is 10.6. The highest BCUT2D eigenvalue weighted by Crippen LogP contribution is 2.42. The van der Waals surface area contributed by atoms with E-state index in [0.717, 1.165) is 57.7 Å². The number of piperidine rings is 1. The van der Waals surface area contributed by atoms with Gasteiger partial charge in [-0.1, -0.05) is 19.9 Å². The van der Waals surface area contributed by atoms with Crippen LogP contribution in [0.25, 0.3) is 0 Å². The number of carboxylic acids is 2. The quantitative estimate of drug-likeness (QED) is 0.412. The number of methoxy groups -OCH3 is 1. The molecule has 0 aromatic heterocycles. The maximum Gasteiger partial charge on any atom is 0.490 e. The van der Waals surface area contributed by atoms with Gasteiger partial charge in [0, 0.05) is 32.6 Å². The van der Waals surface area contributed by atoms with Crippen molar-refractivity contribution in [3.63, 3.8) is 0 Å². The summed E-state index contributed by atoms with van der Waals surface area (Å²) in [6, 6.07) is 5.68. The predicted octanol–water partition coefficient (Wildman–Crippen LogP) is 4.13. The molecular weight excluding hydrogens is 542 g/mol. The van der Waals surface area contributed by atoms with E-state index in [9.17, 15) is 31.4 Å².